The van der Waals surface area contributed by atoms with Gasteiger partial charge in [0.2, 0.25) is 5.88 Å². The van der Waals surface area contributed by atoms with Crippen LogP contribution in [0.2, 0.25) is 0 Å². The summed E-state index contributed by atoms with van der Waals surface area (Å²) in [7, 11) is -3.37. The van der Waals surface area contributed by atoms with Crippen LogP contribution in [0.5, 0.6) is 5.88 Å². The molecule has 0 aliphatic carbocycles. The number of carbonyl (C=O) groups is 1. The van der Waals surface area contributed by atoms with E-state index in [1.54, 1.807) is 23.2 Å². The number of hydrogen-bond acceptors (Lipinski definition) is 11. The number of aromatic nitrogens is 2. The number of nitrogens with one attached hydrogen (secondary N) is 1. The molecule has 38 heavy (non-hydrogen) atoms. The molecule has 202 valence electrons. The molecular formula is C25H30N6O5S2. The van der Waals surface area contributed by atoms with Crippen LogP contribution in [0.15, 0.2) is 46.4 Å². The minimum absolute atomic E-state index is 0.158. The minimum Gasteiger partial charge on any atom is -0.476 e. The number of rotatable bonds is 9. The summed E-state index contributed by atoms with van der Waals surface area (Å²) in [4.78, 5) is 25.6. The third-order valence-corrected chi connectivity index (χ3v) is 8.32. The number of fused-ring (bicyclic) bond motifs is 1. The number of ether oxygens (including phenoxy) is 2. The van der Waals surface area contributed by atoms with Crippen molar-refractivity contribution in [1.82, 2.24) is 19.9 Å². The maximum Gasteiger partial charge on any atom is 0.278 e. The van der Waals surface area contributed by atoms with Gasteiger partial charge in [-0.1, -0.05) is 23.5 Å². The summed E-state index contributed by atoms with van der Waals surface area (Å²) in [5, 5.41) is 9.57. The van der Waals surface area contributed by atoms with Gasteiger partial charge in [-0.15, -0.1) is 0 Å². The second-order valence-corrected chi connectivity index (χ2v) is 12.1. The van der Waals surface area contributed by atoms with Crippen molar-refractivity contribution in [3.8, 4) is 5.88 Å². The molecule has 5 rings (SSSR count). The second-order valence-electron chi connectivity index (χ2n) is 9.16. The highest BCUT2D eigenvalue weighted by molar-refractivity contribution is 7.90. The van der Waals surface area contributed by atoms with Crippen LogP contribution < -0.4 is 10.1 Å². The first kappa shape index (κ1) is 26.5. The number of nitrogens with zero attached hydrogens (tertiary/aromatic N) is 5. The average molecular weight is 559 g/mol. The summed E-state index contributed by atoms with van der Waals surface area (Å²) >= 11 is 1.25. The average Bonchev–Trinajstić information content (AvgIpc) is 3.57. The Labute approximate surface area is 225 Å². The normalized spacial score (nSPS) is 17.2. The van der Waals surface area contributed by atoms with Crippen molar-refractivity contribution in [2.24, 2.45) is 5.10 Å². The molecule has 3 aromatic rings. The summed E-state index contributed by atoms with van der Waals surface area (Å²) in [6.45, 7) is 5.79. The first-order valence-electron chi connectivity index (χ1n) is 12.5. The fraction of sp³-hybridized carbons (Fsp3) is 0.440. The summed E-state index contributed by atoms with van der Waals surface area (Å²) < 4.78 is 35.0. The van der Waals surface area contributed by atoms with Crippen LogP contribution in [0, 0.1) is 0 Å². The molecule has 0 saturated carbocycles. The van der Waals surface area contributed by atoms with E-state index in [9.17, 15) is 13.2 Å². The Morgan fingerprint density at radius 3 is 2.53 bits per heavy atom. The van der Waals surface area contributed by atoms with Crippen molar-refractivity contribution in [3.05, 3.63) is 42.0 Å². The van der Waals surface area contributed by atoms with E-state index in [4.69, 9.17) is 9.47 Å². The third-order valence-electron chi connectivity index (χ3n) is 6.31. The molecule has 1 N–H and O–H groups in total. The predicted molar refractivity (Wildman–Crippen MR) is 146 cm³/mol. The molecule has 0 unspecified atom stereocenters. The van der Waals surface area contributed by atoms with E-state index in [0.29, 0.717) is 59.8 Å². The highest BCUT2D eigenvalue weighted by Gasteiger charge is 2.21. The molecule has 2 aromatic heterocycles. The quantitative estimate of drug-likeness (QED) is 0.394. The summed E-state index contributed by atoms with van der Waals surface area (Å²) in [6, 6.07) is 9.72. The van der Waals surface area contributed by atoms with Gasteiger partial charge in [-0.3, -0.25) is 20.0 Å². The van der Waals surface area contributed by atoms with Crippen LogP contribution >= 0.6 is 11.3 Å². The van der Waals surface area contributed by atoms with Crippen molar-refractivity contribution >= 4 is 48.3 Å². The first-order valence-corrected chi connectivity index (χ1v) is 15.2. The van der Waals surface area contributed by atoms with Crippen molar-refractivity contribution in [2.75, 3.05) is 64.1 Å². The zero-order chi connectivity index (χ0) is 26.5. The zero-order valence-corrected chi connectivity index (χ0v) is 22.8. The number of hydrogen-bond donors (Lipinski definition) is 1. The number of carbonyl (C=O) groups excluding carboxylic acids is 1. The lowest BCUT2D eigenvalue weighted by Gasteiger charge is -2.24. The number of pyridine rings is 1. The fourth-order valence-corrected chi connectivity index (χ4v) is 5.72. The van der Waals surface area contributed by atoms with Crippen molar-refractivity contribution < 1.29 is 22.7 Å². The van der Waals surface area contributed by atoms with Crippen molar-refractivity contribution in [1.29, 1.82) is 0 Å². The molecule has 0 bridgehead atoms. The van der Waals surface area contributed by atoms with Gasteiger partial charge in [0, 0.05) is 24.4 Å². The minimum atomic E-state index is -3.37. The first-order chi connectivity index (χ1) is 18.3. The van der Waals surface area contributed by atoms with Gasteiger partial charge >= 0.3 is 0 Å². The predicted octanol–water partition coefficient (Wildman–Crippen LogP) is 2.24. The third kappa shape index (κ3) is 6.65. The molecule has 0 spiro atoms. The topological polar surface area (TPSA) is 126 Å². The summed E-state index contributed by atoms with van der Waals surface area (Å²) in [6.07, 6.45) is 3.62. The van der Waals surface area contributed by atoms with E-state index in [0.717, 1.165) is 25.9 Å². The Morgan fingerprint density at radius 1 is 1.08 bits per heavy atom. The number of anilines is 1. The van der Waals surface area contributed by atoms with Crippen LogP contribution in [-0.2, 0) is 19.4 Å². The Hall–Kier alpha value is -3.13. The molecule has 1 amide bonds. The van der Waals surface area contributed by atoms with Gasteiger partial charge < -0.3 is 9.47 Å². The van der Waals surface area contributed by atoms with Crippen LogP contribution in [0.3, 0.4) is 0 Å². The maximum absolute atomic E-state index is 13.4. The van der Waals surface area contributed by atoms with Crippen LogP contribution in [-0.4, -0.2) is 98.7 Å². The lowest BCUT2D eigenvalue weighted by molar-refractivity contribution is -0.110. The molecule has 0 atom stereocenters. The molecule has 2 fully saturated rings. The van der Waals surface area contributed by atoms with Gasteiger partial charge in [0.25, 0.3) is 5.91 Å². The van der Waals surface area contributed by atoms with E-state index in [1.165, 1.54) is 36.3 Å². The van der Waals surface area contributed by atoms with Gasteiger partial charge in [0.05, 0.1) is 31.2 Å². The Kier molecular flexibility index (Phi) is 8.17. The summed E-state index contributed by atoms with van der Waals surface area (Å²) in [5.41, 5.74) is 1.31. The van der Waals surface area contributed by atoms with Crippen LogP contribution in [0.25, 0.3) is 10.3 Å². The highest BCUT2D eigenvalue weighted by Crippen LogP contribution is 2.26. The molecule has 11 nitrogen and oxygen atoms in total. The van der Waals surface area contributed by atoms with Gasteiger partial charge in [-0.2, -0.15) is 5.10 Å². The van der Waals surface area contributed by atoms with Crippen molar-refractivity contribution in [3.63, 3.8) is 0 Å². The molecule has 0 radical (unpaired) electrons. The Balaban J connectivity index is 1.32. The van der Waals surface area contributed by atoms with Gasteiger partial charge in [-0.05, 0) is 44.1 Å². The molecule has 4 heterocycles. The Morgan fingerprint density at radius 2 is 1.82 bits per heavy atom. The summed E-state index contributed by atoms with van der Waals surface area (Å²) in [5.74, 6) is 0.0727. The van der Waals surface area contributed by atoms with Gasteiger partial charge in [0.1, 0.15) is 17.0 Å². The smallest absolute Gasteiger partial charge is 0.278 e. The van der Waals surface area contributed by atoms with E-state index in [-0.39, 0.29) is 10.6 Å². The lowest BCUT2D eigenvalue weighted by atomic mass is 10.1. The zero-order valence-electron chi connectivity index (χ0n) is 21.1. The Bertz CT molecular complexity index is 1410. The van der Waals surface area contributed by atoms with Crippen molar-refractivity contribution in [2.45, 2.75) is 17.7 Å². The molecule has 13 heteroatoms. The second kappa shape index (κ2) is 11.7. The monoisotopic (exact) mass is 558 g/mol. The molecular weight excluding hydrogens is 528 g/mol. The van der Waals surface area contributed by atoms with Crippen LogP contribution in [0.4, 0.5) is 5.13 Å². The van der Waals surface area contributed by atoms with Gasteiger partial charge in [0.15, 0.2) is 20.7 Å². The maximum atomic E-state index is 13.4. The standard InChI is InChI=1S/C25H30N6O5S2/c1-38(33,34)19-6-4-18(5-7-19)22(29-31-13-15-35-16-14-31)23(32)28-25-26-20-8-9-21(27-24(20)37-25)36-17-12-30-10-2-3-11-30/h4-9H,2-3,10-17H2,1H3,(H,26,28,32). The van der Waals surface area contributed by atoms with Crippen LogP contribution in [0.1, 0.15) is 18.4 Å². The largest absolute Gasteiger partial charge is 0.476 e. The number of likely N-dealkylation sites (tertiary alicyclic amines) is 1. The molecule has 2 aliphatic rings. The van der Waals surface area contributed by atoms with E-state index in [2.05, 4.69) is 25.3 Å². The molecule has 1 aromatic carbocycles. The number of sulfone groups is 1. The molecule has 2 aliphatic heterocycles. The SMILES string of the molecule is CS(=O)(=O)c1ccc(C(=NN2CCOCC2)C(=O)Nc2nc3ccc(OCCN4CCCC4)nc3s2)cc1. The lowest BCUT2D eigenvalue weighted by Crippen LogP contribution is -2.35. The molecule has 2 saturated heterocycles. The fourth-order valence-electron chi connectivity index (χ4n) is 4.27. The highest BCUT2D eigenvalue weighted by atomic mass is 32.2. The van der Waals surface area contributed by atoms with Gasteiger partial charge in [-0.25, -0.2) is 18.4 Å². The number of hydrazone groups is 1. The van der Waals surface area contributed by atoms with E-state index in [1.807, 2.05) is 6.07 Å². The number of thiazole rings is 1. The number of amides is 1. The van der Waals surface area contributed by atoms with E-state index < -0.39 is 15.7 Å². The number of morpholine rings is 1. The van der Waals surface area contributed by atoms with E-state index >= 15 is 0 Å². The number of benzene rings is 1.